The molecular formula is C19H12Cl2F3N3O3. The molecule has 0 bridgehead atoms. The molecule has 0 radical (unpaired) electrons. The molecule has 1 amide bonds. The molecular weight excluding hydrogens is 446 g/mol. The van der Waals surface area contributed by atoms with Gasteiger partial charge in [-0.05, 0) is 29.8 Å². The number of H-pyrrole nitrogens is 1. The molecule has 0 unspecified atom stereocenters. The van der Waals surface area contributed by atoms with Crippen LogP contribution in [0.2, 0.25) is 10.0 Å². The highest BCUT2D eigenvalue weighted by molar-refractivity contribution is 6.34. The number of anilines is 1. The molecule has 3 rings (SSSR count). The Hall–Kier alpha value is -3.04. The van der Waals surface area contributed by atoms with Crippen LogP contribution in [-0.4, -0.2) is 15.5 Å². The Labute approximate surface area is 176 Å². The van der Waals surface area contributed by atoms with Gasteiger partial charge in [0.25, 0.3) is 11.5 Å². The van der Waals surface area contributed by atoms with E-state index in [0.717, 1.165) is 22.9 Å². The molecule has 3 aromatic rings. The summed E-state index contributed by atoms with van der Waals surface area (Å²) in [5, 5.41) is 2.33. The Morgan fingerprint density at radius 2 is 1.77 bits per heavy atom. The van der Waals surface area contributed by atoms with Crippen molar-refractivity contribution in [3.8, 4) is 0 Å². The van der Waals surface area contributed by atoms with Gasteiger partial charge in [-0.2, -0.15) is 13.2 Å². The highest BCUT2D eigenvalue weighted by Gasteiger charge is 2.31. The summed E-state index contributed by atoms with van der Waals surface area (Å²) in [5.41, 5.74) is -3.12. The molecule has 0 saturated carbocycles. The minimum absolute atomic E-state index is 0.155. The van der Waals surface area contributed by atoms with E-state index in [4.69, 9.17) is 23.2 Å². The predicted octanol–water partition coefficient (Wildman–Crippen LogP) is 4.16. The van der Waals surface area contributed by atoms with Crippen molar-refractivity contribution >= 4 is 34.8 Å². The monoisotopic (exact) mass is 457 g/mol. The molecule has 156 valence electrons. The highest BCUT2D eigenvalue weighted by Crippen LogP contribution is 2.33. The second kappa shape index (κ2) is 8.37. The number of hydrogen-bond donors (Lipinski definition) is 2. The van der Waals surface area contributed by atoms with Gasteiger partial charge in [0.1, 0.15) is 5.56 Å². The van der Waals surface area contributed by atoms with Gasteiger partial charge in [-0.15, -0.1) is 0 Å². The fraction of sp³-hybridized carbons (Fsp3) is 0.105. The molecule has 1 aromatic heterocycles. The van der Waals surface area contributed by atoms with Gasteiger partial charge in [0, 0.05) is 11.2 Å². The Morgan fingerprint density at radius 1 is 1.07 bits per heavy atom. The zero-order chi connectivity index (χ0) is 22.1. The normalized spacial score (nSPS) is 11.4. The summed E-state index contributed by atoms with van der Waals surface area (Å²) in [6.07, 6.45) is -3.77. The van der Waals surface area contributed by atoms with Crippen LogP contribution in [0.1, 0.15) is 21.5 Å². The van der Waals surface area contributed by atoms with Gasteiger partial charge >= 0.3 is 11.9 Å². The number of halogens is 5. The molecule has 0 aliphatic rings. The molecule has 6 nitrogen and oxygen atoms in total. The molecule has 0 saturated heterocycles. The van der Waals surface area contributed by atoms with E-state index < -0.39 is 34.5 Å². The topological polar surface area (TPSA) is 84.0 Å². The SMILES string of the molecule is O=C(Nc1cc(C(F)(F)F)ccc1Cl)c1c[nH]c(=O)n(Cc2ccccc2Cl)c1=O. The number of nitrogens with zero attached hydrogens (tertiary/aromatic N) is 1. The van der Waals surface area contributed by atoms with Gasteiger partial charge < -0.3 is 10.3 Å². The minimum Gasteiger partial charge on any atom is -0.320 e. The third kappa shape index (κ3) is 4.58. The Kier molecular flexibility index (Phi) is 6.04. The average molecular weight is 458 g/mol. The molecule has 2 aromatic carbocycles. The first-order valence-electron chi connectivity index (χ1n) is 8.32. The first-order chi connectivity index (χ1) is 14.1. The van der Waals surface area contributed by atoms with Gasteiger partial charge in [-0.1, -0.05) is 41.4 Å². The third-order valence-electron chi connectivity index (χ3n) is 4.13. The first kappa shape index (κ1) is 21.7. The fourth-order valence-electron chi connectivity index (χ4n) is 2.60. The van der Waals surface area contributed by atoms with Crippen LogP contribution in [0.3, 0.4) is 0 Å². The van der Waals surface area contributed by atoms with Crippen LogP contribution in [0.15, 0.2) is 58.3 Å². The lowest BCUT2D eigenvalue weighted by Crippen LogP contribution is -2.39. The van der Waals surface area contributed by atoms with Crippen LogP contribution >= 0.6 is 23.2 Å². The maximum absolute atomic E-state index is 12.9. The molecule has 0 spiro atoms. The summed E-state index contributed by atoms with van der Waals surface area (Å²) in [6.45, 7) is -0.209. The van der Waals surface area contributed by atoms with Crippen molar-refractivity contribution in [1.82, 2.24) is 9.55 Å². The van der Waals surface area contributed by atoms with Gasteiger partial charge in [0.05, 0.1) is 22.8 Å². The van der Waals surface area contributed by atoms with E-state index in [-0.39, 0.29) is 17.3 Å². The lowest BCUT2D eigenvalue weighted by atomic mass is 10.2. The molecule has 30 heavy (non-hydrogen) atoms. The quantitative estimate of drug-likeness (QED) is 0.616. The molecule has 0 atom stereocenters. The molecule has 11 heteroatoms. The average Bonchev–Trinajstić information content (AvgIpc) is 2.67. The largest absolute Gasteiger partial charge is 0.416 e. The standard InChI is InChI=1S/C19H12Cl2F3N3O3/c20-13-4-2-1-3-10(13)9-27-17(29)12(8-25-18(27)30)16(28)26-15-7-11(19(22,23)24)5-6-14(15)21/h1-8H,9H2,(H,25,30)(H,26,28). The molecule has 0 aliphatic carbocycles. The van der Waals surface area contributed by atoms with Gasteiger partial charge in [-0.25, -0.2) is 4.79 Å². The number of aromatic nitrogens is 2. The number of benzene rings is 2. The van der Waals surface area contributed by atoms with E-state index in [2.05, 4.69) is 10.3 Å². The van der Waals surface area contributed by atoms with Crippen molar-refractivity contribution in [2.45, 2.75) is 12.7 Å². The summed E-state index contributed by atoms with van der Waals surface area (Å²) < 4.78 is 39.5. The van der Waals surface area contributed by atoms with Crippen LogP contribution in [-0.2, 0) is 12.7 Å². The zero-order valence-electron chi connectivity index (χ0n) is 14.9. The van der Waals surface area contributed by atoms with Crippen molar-refractivity contribution in [1.29, 1.82) is 0 Å². The Bertz CT molecular complexity index is 1240. The van der Waals surface area contributed by atoms with Crippen LogP contribution < -0.4 is 16.6 Å². The van der Waals surface area contributed by atoms with Gasteiger partial charge in [0.2, 0.25) is 0 Å². The minimum atomic E-state index is -4.65. The van der Waals surface area contributed by atoms with E-state index >= 15 is 0 Å². The van der Waals surface area contributed by atoms with Crippen molar-refractivity contribution in [3.63, 3.8) is 0 Å². The maximum atomic E-state index is 12.9. The highest BCUT2D eigenvalue weighted by atomic mass is 35.5. The number of rotatable bonds is 4. The maximum Gasteiger partial charge on any atom is 0.416 e. The number of alkyl halides is 3. The Balaban J connectivity index is 1.96. The Morgan fingerprint density at radius 3 is 2.43 bits per heavy atom. The van der Waals surface area contributed by atoms with Crippen molar-refractivity contribution in [2.24, 2.45) is 0 Å². The van der Waals surface area contributed by atoms with Crippen LogP contribution in [0.4, 0.5) is 18.9 Å². The zero-order valence-corrected chi connectivity index (χ0v) is 16.4. The van der Waals surface area contributed by atoms with Crippen molar-refractivity contribution < 1.29 is 18.0 Å². The van der Waals surface area contributed by atoms with Crippen LogP contribution in [0.5, 0.6) is 0 Å². The van der Waals surface area contributed by atoms with Crippen LogP contribution in [0, 0.1) is 0 Å². The summed E-state index contributed by atoms with van der Waals surface area (Å²) in [6, 6.07) is 8.88. The first-order valence-corrected chi connectivity index (χ1v) is 9.07. The predicted molar refractivity (Wildman–Crippen MR) is 106 cm³/mol. The van der Waals surface area contributed by atoms with E-state index in [9.17, 15) is 27.6 Å². The lowest BCUT2D eigenvalue weighted by molar-refractivity contribution is -0.137. The number of carbonyl (C=O) groups excluding carboxylic acids is 1. The summed E-state index contributed by atoms with van der Waals surface area (Å²) >= 11 is 11.9. The van der Waals surface area contributed by atoms with Gasteiger partial charge in [0.15, 0.2) is 0 Å². The molecule has 0 fully saturated rings. The number of amides is 1. The fourth-order valence-corrected chi connectivity index (χ4v) is 2.96. The molecule has 0 aliphatic heterocycles. The number of nitrogens with one attached hydrogen (secondary N) is 2. The summed E-state index contributed by atoms with van der Waals surface area (Å²) in [7, 11) is 0. The second-order valence-electron chi connectivity index (χ2n) is 6.14. The number of carbonyl (C=O) groups is 1. The van der Waals surface area contributed by atoms with E-state index in [1.807, 2.05) is 0 Å². The lowest BCUT2D eigenvalue weighted by Gasteiger charge is -2.12. The van der Waals surface area contributed by atoms with Crippen molar-refractivity contribution in [2.75, 3.05) is 5.32 Å². The number of aromatic amines is 1. The molecule has 2 N–H and O–H groups in total. The van der Waals surface area contributed by atoms with Crippen molar-refractivity contribution in [3.05, 3.63) is 96.2 Å². The summed E-state index contributed by atoms with van der Waals surface area (Å²) in [4.78, 5) is 39.5. The van der Waals surface area contributed by atoms with E-state index in [1.165, 1.54) is 0 Å². The third-order valence-corrected chi connectivity index (χ3v) is 4.83. The molecule has 1 heterocycles. The van der Waals surface area contributed by atoms with Gasteiger partial charge in [-0.3, -0.25) is 14.2 Å². The van der Waals surface area contributed by atoms with E-state index in [0.29, 0.717) is 16.7 Å². The second-order valence-corrected chi connectivity index (χ2v) is 6.95. The van der Waals surface area contributed by atoms with E-state index in [1.54, 1.807) is 24.3 Å². The van der Waals surface area contributed by atoms with Crippen LogP contribution in [0.25, 0.3) is 0 Å². The number of hydrogen-bond acceptors (Lipinski definition) is 3. The smallest absolute Gasteiger partial charge is 0.320 e. The summed E-state index contributed by atoms with van der Waals surface area (Å²) in [5.74, 6) is -1.04.